The summed E-state index contributed by atoms with van der Waals surface area (Å²) in [4.78, 5) is 26.0. The summed E-state index contributed by atoms with van der Waals surface area (Å²) in [6.45, 7) is 1.08. The van der Waals surface area contributed by atoms with Crippen molar-refractivity contribution in [3.63, 3.8) is 0 Å². The van der Waals surface area contributed by atoms with Crippen LogP contribution in [0.4, 0.5) is 17.6 Å². The largest absolute Gasteiger partial charge is 0.573 e. The zero-order valence-electron chi connectivity index (χ0n) is 18.1. The van der Waals surface area contributed by atoms with Crippen molar-refractivity contribution >= 4 is 11.8 Å². The van der Waals surface area contributed by atoms with Crippen molar-refractivity contribution in [1.29, 1.82) is 0 Å². The van der Waals surface area contributed by atoms with Gasteiger partial charge in [-0.15, -0.1) is 13.2 Å². The number of aliphatic imine (C=N–C) groups is 2. The van der Waals surface area contributed by atoms with E-state index in [4.69, 9.17) is 10.7 Å². The maximum atomic E-state index is 14.6. The molecule has 35 heavy (non-hydrogen) atoms. The molecule has 1 atom stereocenters. The van der Waals surface area contributed by atoms with Crippen LogP contribution >= 0.6 is 0 Å². The Morgan fingerprint density at radius 1 is 1.09 bits per heavy atom. The number of nitrogens with two attached hydrogens (primary N) is 1. The number of rotatable bonds is 4. The molecule has 0 fully saturated rings. The van der Waals surface area contributed by atoms with Gasteiger partial charge in [-0.25, -0.2) is 9.38 Å². The predicted molar refractivity (Wildman–Crippen MR) is 122 cm³/mol. The van der Waals surface area contributed by atoms with Gasteiger partial charge in [-0.1, -0.05) is 30.3 Å². The second-order valence-electron chi connectivity index (χ2n) is 8.07. The molecule has 180 valence electrons. The number of guanidine groups is 1. The van der Waals surface area contributed by atoms with Crippen LogP contribution in [0.25, 0.3) is 11.1 Å². The van der Waals surface area contributed by atoms with Crippen LogP contribution in [0.15, 0.2) is 75.6 Å². The van der Waals surface area contributed by atoms with Crippen LogP contribution in [0.1, 0.15) is 17.5 Å². The summed E-state index contributed by atoms with van der Waals surface area (Å²) in [5.41, 5.74) is 5.52. The molecule has 3 heterocycles. The zero-order valence-corrected chi connectivity index (χ0v) is 18.1. The summed E-state index contributed by atoms with van der Waals surface area (Å²) in [5, 5.41) is 0. The van der Waals surface area contributed by atoms with Gasteiger partial charge in [0.05, 0.1) is 5.56 Å². The first-order valence-electron chi connectivity index (χ1n) is 10.7. The summed E-state index contributed by atoms with van der Waals surface area (Å²) < 4.78 is 56.6. The van der Waals surface area contributed by atoms with Gasteiger partial charge in [0.1, 0.15) is 17.4 Å². The maximum Gasteiger partial charge on any atom is 0.573 e. The quantitative estimate of drug-likeness (QED) is 0.550. The third-order valence-corrected chi connectivity index (χ3v) is 5.92. The molecule has 0 aliphatic carbocycles. The first-order valence-corrected chi connectivity index (χ1v) is 10.7. The predicted octanol–water partition coefficient (Wildman–Crippen LogP) is 3.76. The van der Waals surface area contributed by atoms with Crippen molar-refractivity contribution < 1.29 is 22.3 Å². The number of halogens is 4. The molecule has 7 nitrogen and oxygen atoms in total. The van der Waals surface area contributed by atoms with Crippen molar-refractivity contribution in [3.8, 4) is 16.9 Å². The van der Waals surface area contributed by atoms with E-state index in [0.29, 0.717) is 35.6 Å². The van der Waals surface area contributed by atoms with E-state index in [-0.39, 0.29) is 17.3 Å². The van der Waals surface area contributed by atoms with Crippen molar-refractivity contribution in [2.45, 2.75) is 18.3 Å². The van der Waals surface area contributed by atoms with Gasteiger partial charge in [-0.2, -0.15) is 0 Å². The van der Waals surface area contributed by atoms with Gasteiger partial charge in [-0.05, 0) is 47.4 Å². The summed E-state index contributed by atoms with van der Waals surface area (Å²) >= 11 is 0. The summed E-state index contributed by atoms with van der Waals surface area (Å²) in [7, 11) is 0. The molecule has 2 aliphatic rings. The summed E-state index contributed by atoms with van der Waals surface area (Å²) in [5.74, 6) is -0.376. The van der Waals surface area contributed by atoms with Crippen LogP contribution in [0.3, 0.4) is 0 Å². The van der Waals surface area contributed by atoms with Crippen LogP contribution in [0.2, 0.25) is 0 Å². The Bertz CT molecular complexity index is 1400. The Kier molecular flexibility index (Phi) is 5.34. The molecule has 0 saturated carbocycles. The number of alkyl halides is 3. The third kappa shape index (κ3) is 3.92. The van der Waals surface area contributed by atoms with Gasteiger partial charge in [0.15, 0.2) is 11.5 Å². The highest BCUT2D eigenvalue weighted by molar-refractivity contribution is 6.12. The van der Waals surface area contributed by atoms with E-state index in [0.717, 1.165) is 12.5 Å². The van der Waals surface area contributed by atoms with E-state index >= 15 is 0 Å². The van der Waals surface area contributed by atoms with Gasteiger partial charge < -0.3 is 15.5 Å². The molecular formula is C24H19F4N5O2. The molecule has 0 bridgehead atoms. The van der Waals surface area contributed by atoms with E-state index < -0.39 is 23.3 Å². The molecule has 0 spiro atoms. The second-order valence-corrected chi connectivity index (χ2v) is 8.07. The molecule has 1 aromatic heterocycles. The monoisotopic (exact) mass is 485 g/mol. The number of aromatic amines is 1. The van der Waals surface area contributed by atoms with Gasteiger partial charge >= 0.3 is 6.36 Å². The van der Waals surface area contributed by atoms with Crippen molar-refractivity contribution in [3.05, 3.63) is 88.1 Å². The number of ether oxygens (including phenoxy) is 1. The number of fused-ring (bicyclic) bond motifs is 1. The smallest absolute Gasteiger partial charge is 0.406 e. The number of pyridine rings is 1. The van der Waals surface area contributed by atoms with Gasteiger partial charge in [0, 0.05) is 19.3 Å². The molecule has 3 N–H and O–H groups in total. The molecule has 1 unspecified atom stereocenters. The van der Waals surface area contributed by atoms with E-state index in [9.17, 15) is 22.4 Å². The Morgan fingerprint density at radius 3 is 2.57 bits per heavy atom. The number of hydrogen-bond donors (Lipinski definition) is 2. The number of H-pyrrole nitrogens is 1. The van der Waals surface area contributed by atoms with Crippen molar-refractivity contribution in [2.75, 3.05) is 13.1 Å². The fourth-order valence-electron chi connectivity index (χ4n) is 4.49. The summed E-state index contributed by atoms with van der Waals surface area (Å²) in [6, 6.07) is 13.0. The van der Waals surface area contributed by atoms with Crippen LogP contribution in [-0.4, -0.2) is 41.1 Å². The first kappa shape index (κ1) is 22.6. The lowest BCUT2D eigenvalue weighted by Crippen LogP contribution is -2.46. The highest BCUT2D eigenvalue weighted by Crippen LogP contribution is 2.43. The van der Waals surface area contributed by atoms with Crippen molar-refractivity contribution in [1.82, 2.24) is 9.88 Å². The lowest BCUT2D eigenvalue weighted by atomic mass is 9.81. The number of benzene rings is 2. The fourth-order valence-corrected chi connectivity index (χ4v) is 4.49. The standard InChI is InChI=1S/C24H19F4N5O2/c25-18-9-11-30-20(34)19(18)14-3-1-4-16(13-14)23(21-31-10-2-12-33(21)22(29)32-23)15-5-7-17(8-6-15)35-24(26,27)28/h1,3-9,11,13H,2,10,12H2,(H2,29,32)(H,30,34). The van der Waals surface area contributed by atoms with Crippen molar-refractivity contribution in [2.24, 2.45) is 15.7 Å². The summed E-state index contributed by atoms with van der Waals surface area (Å²) in [6.07, 6.45) is -2.87. The minimum Gasteiger partial charge on any atom is -0.406 e. The molecule has 11 heteroatoms. The highest BCUT2D eigenvalue weighted by atomic mass is 19.4. The Balaban J connectivity index is 1.70. The molecule has 0 radical (unpaired) electrons. The number of hydrogen-bond acceptors (Lipinski definition) is 6. The molecule has 3 aromatic rings. The van der Waals surface area contributed by atoms with Crippen LogP contribution in [0.5, 0.6) is 5.75 Å². The molecule has 2 aliphatic heterocycles. The average Bonchev–Trinajstić information content (AvgIpc) is 3.12. The minimum atomic E-state index is -4.83. The number of nitrogens with zero attached hydrogens (tertiary/aromatic N) is 3. The SMILES string of the molecule is NC1=NC(c2ccc(OC(F)(F)F)cc2)(c2cccc(-c3c(F)cc[nH]c3=O)c2)C2=NCCCN12. The first-order chi connectivity index (χ1) is 16.7. The maximum absolute atomic E-state index is 14.6. The number of aromatic nitrogens is 1. The van der Waals surface area contributed by atoms with Crippen LogP contribution < -0.4 is 16.0 Å². The Hall–Kier alpha value is -4.15. The molecule has 0 saturated heterocycles. The highest BCUT2D eigenvalue weighted by Gasteiger charge is 2.49. The average molecular weight is 485 g/mol. The number of nitrogens with one attached hydrogen (secondary N) is 1. The van der Waals surface area contributed by atoms with Gasteiger partial charge in [0.2, 0.25) is 0 Å². The zero-order chi connectivity index (χ0) is 24.8. The van der Waals surface area contributed by atoms with E-state index in [1.807, 2.05) is 0 Å². The van der Waals surface area contributed by atoms with E-state index in [1.54, 1.807) is 29.2 Å². The van der Waals surface area contributed by atoms with Gasteiger partial charge in [-0.3, -0.25) is 14.7 Å². The van der Waals surface area contributed by atoms with E-state index in [2.05, 4.69) is 14.7 Å². The van der Waals surface area contributed by atoms with E-state index in [1.165, 1.54) is 30.5 Å². The Labute approximate surface area is 196 Å². The molecule has 2 aromatic carbocycles. The molecular weight excluding hydrogens is 466 g/mol. The Morgan fingerprint density at radius 2 is 1.86 bits per heavy atom. The second kappa shape index (κ2) is 8.26. The number of amidine groups is 1. The normalized spacial score (nSPS) is 19.7. The molecule has 5 rings (SSSR count). The topological polar surface area (TPSA) is 96.1 Å². The van der Waals surface area contributed by atoms with Gasteiger partial charge in [0.25, 0.3) is 5.56 Å². The lowest BCUT2D eigenvalue weighted by Gasteiger charge is -2.33. The third-order valence-electron chi connectivity index (χ3n) is 5.92. The lowest BCUT2D eigenvalue weighted by molar-refractivity contribution is -0.274. The minimum absolute atomic E-state index is 0.143. The van der Waals surface area contributed by atoms with Crippen LogP contribution in [0, 0.1) is 5.82 Å². The van der Waals surface area contributed by atoms with Crippen LogP contribution in [-0.2, 0) is 5.54 Å². The fraction of sp³-hybridized carbons (Fsp3) is 0.208. The molecule has 0 amide bonds.